The van der Waals surface area contributed by atoms with E-state index in [1.54, 1.807) is 30.5 Å². The van der Waals surface area contributed by atoms with Gasteiger partial charge in [-0.1, -0.05) is 17.7 Å². The lowest BCUT2D eigenvalue weighted by Gasteiger charge is -2.10. The first-order chi connectivity index (χ1) is 17.5. The van der Waals surface area contributed by atoms with Crippen LogP contribution in [-0.4, -0.2) is 26.2 Å². The van der Waals surface area contributed by atoms with Gasteiger partial charge < -0.3 is 20.4 Å². The maximum Gasteiger partial charge on any atom is 0.235 e. The van der Waals surface area contributed by atoms with E-state index in [4.69, 9.17) is 16.6 Å². The Morgan fingerprint density at radius 1 is 1.17 bits per heavy atom. The molecule has 1 spiro atoms. The number of halogens is 1. The number of rotatable bonds is 6. The number of carbonyl (C=O) groups excluding carboxylic acids is 2. The minimum atomic E-state index is -0.845. The molecule has 1 aromatic carbocycles. The molecule has 2 amide bonds. The van der Waals surface area contributed by atoms with Crippen LogP contribution in [0.4, 0.5) is 17.2 Å². The van der Waals surface area contributed by atoms with Crippen LogP contribution in [0, 0.1) is 5.92 Å². The highest BCUT2D eigenvalue weighted by molar-refractivity contribution is 6.31. The molecule has 1 aliphatic heterocycles. The number of nitrogens with zero attached hydrogens (tertiary/aromatic N) is 3. The summed E-state index contributed by atoms with van der Waals surface area (Å²) in [6.45, 7) is 0.543. The maximum atomic E-state index is 13.0. The first kappa shape index (κ1) is 21.4. The van der Waals surface area contributed by atoms with E-state index in [0.29, 0.717) is 29.7 Å². The SMILES string of the molecule is O=C(Nc1cc(NCc2cn3cc(C4CC4)ccc3n2)ccn1)C1CC12C(=O)Nc1ccc(Cl)cc12. The van der Waals surface area contributed by atoms with Crippen molar-refractivity contribution in [3.05, 3.63) is 82.9 Å². The standard InChI is InChI=1S/C27H23ClN6O2/c28-17-4-5-22-20(9-17)27(26(36)32-22)11-21(27)25(35)33-23-10-18(7-8-29-23)30-12-19-14-34-13-16(15-1-2-15)3-6-24(34)31-19/h3-10,13-15,21H,1-2,11-12H2,(H,32,36)(H2,29,30,33,35). The Morgan fingerprint density at radius 2 is 2.06 bits per heavy atom. The highest BCUT2D eigenvalue weighted by Gasteiger charge is 2.67. The van der Waals surface area contributed by atoms with E-state index in [-0.39, 0.29) is 11.8 Å². The van der Waals surface area contributed by atoms with Gasteiger partial charge in [-0.25, -0.2) is 9.97 Å². The van der Waals surface area contributed by atoms with Crippen LogP contribution in [0.1, 0.15) is 42.0 Å². The lowest BCUT2D eigenvalue weighted by atomic mass is 9.94. The van der Waals surface area contributed by atoms with Crippen LogP contribution in [0.3, 0.4) is 0 Å². The number of aromatic nitrogens is 3. The topological polar surface area (TPSA) is 100 Å². The van der Waals surface area contributed by atoms with Crippen molar-refractivity contribution in [1.82, 2.24) is 14.4 Å². The van der Waals surface area contributed by atoms with Crippen LogP contribution in [0.15, 0.2) is 61.1 Å². The first-order valence-electron chi connectivity index (χ1n) is 12.1. The van der Waals surface area contributed by atoms with Crippen molar-refractivity contribution in [3.63, 3.8) is 0 Å². The van der Waals surface area contributed by atoms with Gasteiger partial charge in [0.1, 0.15) is 11.5 Å². The van der Waals surface area contributed by atoms with Gasteiger partial charge in [0.15, 0.2) is 0 Å². The summed E-state index contributed by atoms with van der Waals surface area (Å²) >= 11 is 6.16. The number of nitrogens with one attached hydrogen (secondary N) is 3. The first-order valence-corrected chi connectivity index (χ1v) is 12.5. The smallest absolute Gasteiger partial charge is 0.235 e. The molecule has 3 aromatic heterocycles. The normalized spacial score (nSPS) is 21.9. The number of fused-ring (bicyclic) bond motifs is 3. The summed E-state index contributed by atoms with van der Waals surface area (Å²) in [5.41, 5.74) is 4.71. The highest BCUT2D eigenvalue weighted by atomic mass is 35.5. The summed E-state index contributed by atoms with van der Waals surface area (Å²) in [7, 11) is 0. The van der Waals surface area contributed by atoms with Crippen molar-refractivity contribution in [2.45, 2.75) is 37.1 Å². The van der Waals surface area contributed by atoms with Gasteiger partial charge in [0.05, 0.1) is 23.6 Å². The monoisotopic (exact) mass is 498 g/mol. The van der Waals surface area contributed by atoms with E-state index in [1.165, 1.54) is 18.4 Å². The Bertz CT molecular complexity index is 1560. The Kier molecular flexibility index (Phi) is 4.63. The predicted octanol–water partition coefficient (Wildman–Crippen LogP) is 4.72. The predicted molar refractivity (Wildman–Crippen MR) is 137 cm³/mol. The van der Waals surface area contributed by atoms with Gasteiger partial charge in [-0.15, -0.1) is 0 Å². The molecule has 3 N–H and O–H groups in total. The quantitative estimate of drug-likeness (QED) is 0.357. The zero-order valence-corrected chi connectivity index (χ0v) is 20.0. The highest BCUT2D eigenvalue weighted by Crippen LogP contribution is 2.60. The van der Waals surface area contributed by atoms with Gasteiger partial charge in [-0.2, -0.15) is 0 Å². The Hall–Kier alpha value is -3.91. The number of imidazole rings is 1. The largest absolute Gasteiger partial charge is 0.379 e. The zero-order valence-electron chi connectivity index (χ0n) is 19.3. The second-order valence-electron chi connectivity index (χ2n) is 9.88. The van der Waals surface area contributed by atoms with Gasteiger partial charge >= 0.3 is 0 Å². The summed E-state index contributed by atoms with van der Waals surface area (Å²) in [6, 6.07) is 13.2. The van der Waals surface area contributed by atoms with Crippen molar-refractivity contribution in [2.24, 2.45) is 5.92 Å². The third-order valence-corrected chi connectivity index (χ3v) is 7.69. The number of hydrogen-bond acceptors (Lipinski definition) is 5. The average molecular weight is 499 g/mol. The molecule has 2 aliphatic carbocycles. The van der Waals surface area contributed by atoms with Crippen LogP contribution in [0.25, 0.3) is 5.65 Å². The molecule has 2 fully saturated rings. The second kappa shape index (κ2) is 7.80. The number of amides is 2. The summed E-state index contributed by atoms with van der Waals surface area (Å²) < 4.78 is 2.08. The third kappa shape index (κ3) is 3.52. The molecule has 0 radical (unpaired) electrons. The minimum Gasteiger partial charge on any atom is -0.379 e. The van der Waals surface area contributed by atoms with Crippen LogP contribution in [0.2, 0.25) is 5.02 Å². The lowest BCUT2D eigenvalue weighted by Crippen LogP contribution is -2.27. The van der Waals surface area contributed by atoms with Crippen LogP contribution in [-0.2, 0) is 21.5 Å². The Balaban J connectivity index is 1.03. The van der Waals surface area contributed by atoms with E-state index in [1.807, 2.05) is 12.3 Å². The molecule has 8 nitrogen and oxygen atoms in total. The maximum absolute atomic E-state index is 13.0. The van der Waals surface area contributed by atoms with Crippen LogP contribution < -0.4 is 16.0 Å². The van der Waals surface area contributed by atoms with Crippen molar-refractivity contribution in [2.75, 3.05) is 16.0 Å². The van der Waals surface area contributed by atoms with Crippen molar-refractivity contribution in [1.29, 1.82) is 0 Å². The van der Waals surface area contributed by atoms with Crippen molar-refractivity contribution >= 4 is 46.3 Å². The number of anilines is 3. The molecular weight excluding hydrogens is 476 g/mol. The lowest BCUT2D eigenvalue weighted by molar-refractivity contribution is -0.122. The van der Waals surface area contributed by atoms with E-state index in [0.717, 1.165) is 28.3 Å². The molecule has 4 heterocycles. The van der Waals surface area contributed by atoms with Gasteiger partial charge in [-0.05, 0) is 66.6 Å². The van der Waals surface area contributed by atoms with E-state index in [2.05, 4.69) is 43.7 Å². The number of benzene rings is 1. The number of pyridine rings is 2. The molecule has 2 unspecified atom stereocenters. The summed E-state index contributed by atoms with van der Waals surface area (Å²) in [6.07, 6.45) is 8.85. The van der Waals surface area contributed by atoms with Gasteiger partial charge in [0.25, 0.3) is 0 Å². The molecule has 4 aromatic rings. The van der Waals surface area contributed by atoms with Gasteiger partial charge in [0, 0.05) is 41.1 Å². The fraction of sp³-hybridized carbons (Fsp3) is 0.259. The summed E-state index contributed by atoms with van der Waals surface area (Å²) in [5.74, 6) is 0.286. The average Bonchev–Trinajstić information content (AvgIpc) is 3.78. The Labute approximate surface area is 212 Å². The number of hydrogen-bond donors (Lipinski definition) is 3. The molecule has 9 heteroatoms. The fourth-order valence-corrected chi connectivity index (χ4v) is 5.47. The van der Waals surface area contributed by atoms with Crippen molar-refractivity contribution < 1.29 is 9.59 Å². The molecular formula is C27H23ClN6O2. The molecule has 2 atom stereocenters. The minimum absolute atomic E-state index is 0.153. The van der Waals surface area contributed by atoms with E-state index >= 15 is 0 Å². The Morgan fingerprint density at radius 3 is 2.92 bits per heavy atom. The fourth-order valence-electron chi connectivity index (χ4n) is 5.30. The summed E-state index contributed by atoms with van der Waals surface area (Å²) in [4.78, 5) is 34.8. The zero-order chi connectivity index (χ0) is 24.4. The number of carbonyl (C=O) groups is 2. The van der Waals surface area contributed by atoms with Gasteiger partial charge in [0.2, 0.25) is 11.8 Å². The molecule has 7 rings (SSSR count). The van der Waals surface area contributed by atoms with Crippen LogP contribution in [0.5, 0.6) is 0 Å². The van der Waals surface area contributed by atoms with Gasteiger partial charge in [-0.3, -0.25) is 9.59 Å². The van der Waals surface area contributed by atoms with E-state index in [9.17, 15) is 9.59 Å². The molecule has 0 bridgehead atoms. The molecule has 0 saturated heterocycles. The van der Waals surface area contributed by atoms with E-state index < -0.39 is 11.3 Å². The molecule has 36 heavy (non-hydrogen) atoms. The molecule has 2 saturated carbocycles. The van der Waals surface area contributed by atoms with Crippen LogP contribution >= 0.6 is 11.6 Å². The van der Waals surface area contributed by atoms with Crippen molar-refractivity contribution in [3.8, 4) is 0 Å². The molecule has 3 aliphatic rings. The third-order valence-electron chi connectivity index (χ3n) is 7.45. The summed E-state index contributed by atoms with van der Waals surface area (Å²) in [5, 5.41) is 9.66. The second-order valence-corrected chi connectivity index (χ2v) is 10.3. The molecule has 180 valence electrons.